The molecule has 8 heteroatoms. The lowest BCUT2D eigenvalue weighted by molar-refractivity contribution is 0.580. The van der Waals surface area contributed by atoms with Gasteiger partial charge in [-0.1, -0.05) is 11.6 Å². The van der Waals surface area contributed by atoms with Gasteiger partial charge in [-0.05, 0) is 18.2 Å². The number of hydrogen-bond acceptors (Lipinski definition) is 6. The Kier molecular flexibility index (Phi) is 3.72. The van der Waals surface area contributed by atoms with Gasteiger partial charge in [0.1, 0.15) is 5.02 Å². The first-order valence-corrected chi connectivity index (χ1v) is 7.86. The topological polar surface area (TPSA) is 81.8 Å². The molecule has 0 spiro atoms. The van der Waals surface area contributed by atoms with Crippen LogP contribution in [0.25, 0.3) is 10.9 Å². The summed E-state index contributed by atoms with van der Waals surface area (Å²) in [5.74, 6) is 1.31. The van der Waals surface area contributed by atoms with Gasteiger partial charge in [0.15, 0.2) is 5.82 Å². The van der Waals surface area contributed by atoms with Crippen molar-refractivity contribution in [2.75, 3.05) is 36.4 Å². The van der Waals surface area contributed by atoms with Crippen molar-refractivity contribution < 1.29 is 0 Å². The summed E-state index contributed by atoms with van der Waals surface area (Å²) in [6.45, 7) is 3.65. The molecule has 0 unspecified atom stereocenters. The Bertz CT molecular complexity index is 826. The summed E-state index contributed by atoms with van der Waals surface area (Å²) in [6, 6.07) is 5.93. The Balaban J connectivity index is 1.61. The molecule has 0 aliphatic carbocycles. The van der Waals surface area contributed by atoms with E-state index in [9.17, 15) is 0 Å². The average molecular weight is 330 g/mol. The lowest BCUT2D eigenvalue weighted by Gasteiger charge is -2.27. The number of aromatic amines is 1. The molecular formula is C15H16ClN7. The molecule has 3 heterocycles. The van der Waals surface area contributed by atoms with Crippen LogP contribution in [0.3, 0.4) is 0 Å². The van der Waals surface area contributed by atoms with Crippen molar-refractivity contribution in [3.63, 3.8) is 0 Å². The van der Waals surface area contributed by atoms with E-state index in [1.165, 1.54) is 0 Å². The molecule has 1 fully saturated rings. The molecule has 3 aromatic rings. The highest BCUT2D eigenvalue weighted by Crippen LogP contribution is 2.26. The van der Waals surface area contributed by atoms with Gasteiger partial charge in [-0.15, -0.1) is 0 Å². The highest BCUT2D eigenvalue weighted by atomic mass is 35.5. The molecule has 3 N–H and O–H groups in total. The summed E-state index contributed by atoms with van der Waals surface area (Å²) in [7, 11) is 0. The second-order valence-corrected chi connectivity index (χ2v) is 5.81. The van der Waals surface area contributed by atoms with E-state index in [1.807, 2.05) is 18.2 Å². The van der Waals surface area contributed by atoms with Gasteiger partial charge in [-0.2, -0.15) is 10.1 Å². The molecule has 0 amide bonds. The van der Waals surface area contributed by atoms with E-state index >= 15 is 0 Å². The van der Waals surface area contributed by atoms with Crippen molar-refractivity contribution in [3.05, 3.63) is 35.6 Å². The fourth-order valence-electron chi connectivity index (χ4n) is 2.62. The van der Waals surface area contributed by atoms with Crippen LogP contribution in [-0.2, 0) is 0 Å². The number of hydrogen-bond donors (Lipinski definition) is 3. The second kappa shape index (κ2) is 6.02. The molecule has 0 bridgehead atoms. The van der Waals surface area contributed by atoms with Crippen LogP contribution >= 0.6 is 11.6 Å². The van der Waals surface area contributed by atoms with Gasteiger partial charge in [-0.3, -0.25) is 5.10 Å². The third-order valence-electron chi connectivity index (χ3n) is 3.83. The van der Waals surface area contributed by atoms with Gasteiger partial charge >= 0.3 is 0 Å². The number of nitrogens with one attached hydrogen (secondary N) is 3. The average Bonchev–Trinajstić information content (AvgIpc) is 3.05. The van der Waals surface area contributed by atoms with Crippen molar-refractivity contribution >= 4 is 40.0 Å². The molecule has 2 aromatic heterocycles. The molecule has 1 aliphatic rings. The number of piperazine rings is 1. The smallest absolute Gasteiger partial charge is 0.227 e. The van der Waals surface area contributed by atoms with Crippen LogP contribution in [0.5, 0.6) is 0 Å². The summed E-state index contributed by atoms with van der Waals surface area (Å²) < 4.78 is 0. The van der Waals surface area contributed by atoms with E-state index in [2.05, 4.69) is 35.7 Å². The predicted octanol–water partition coefficient (Wildman–Crippen LogP) is 2.16. The Morgan fingerprint density at radius 3 is 2.91 bits per heavy atom. The maximum atomic E-state index is 6.25. The van der Waals surface area contributed by atoms with Crippen molar-refractivity contribution in [1.29, 1.82) is 0 Å². The third-order valence-corrected chi connectivity index (χ3v) is 4.11. The standard InChI is InChI=1S/C15H16ClN7/c16-12-9-18-15(23-5-3-17-4-6-23)21-14(12)20-11-1-2-13-10(7-11)8-19-22-13/h1-2,7-9,17H,3-6H2,(H,19,22)(H,18,20,21). The zero-order valence-corrected chi connectivity index (χ0v) is 13.1. The Labute approximate surface area is 138 Å². The largest absolute Gasteiger partial charge is 0.339 e. The maximum Gasteiger partial charge on any atom is 0.227 e. The van der Waals surface area contributed by atoms with Crippen LogP contribution < -0.4 is 15.5 Å². The molecule has 1 aromatic carbocycles. The van der Waals surface area contributed by atoms with Crippen LogP contribution in [0.2, 0.25) is 5.02 Å². The van der Waals surface area contributed by atoms with Crippen LogP contribution in [0.4, 0.5) is 17.5 Å². The Morgan fingerprint density at radius 2 is 2.04 bits per heavy atom. The van der Waals surface area contributed by atoms with Gasteiger partial charge < -0.3 is 15.5 Å². The lowest BCUT2D eigenvalue weighted by atomic mass is 10.2. The first kappa shape index (κ1) is 14.2. The quantitative estimate of drug-likeness (QED) is 0.683. The number of H-pyrrole nitrogens is 1. The van der Waals surface area contributed by atoms with Gasteiger partial charge in [0.25, 0.3) is 0 Å². The molecule has 118 valence electrons. The third kappa shape index (κ3) is 2.93. The molecule has 4 rings (SSSR count). The van der Waals surface area contributed by atoms with Crippen molar-refractivity contribution in [2.24, 2.45) is 0 Å². The van der Waals surface area contributed by atoms with Crippen molar-refractivity contribution in [1.82, 2.24) is 25.5 Å². The molecule has 1 aliphatic heterocycles. The summed E-state index contributed by atoms with van der Waals surface area (Å²) in [4.78, 5) is 11.1. The van der Waals surface area contributed by atoms with Crippen LogP contribution in [-0.4, -0.2) is 46.3 Å². The van der Waals surface area contributed by atoms with Crippen molar-refractivity contribution in [2.45, 2.75) is 0 Å². The van der Waals surface area contributed by atoms with Gasteiger partial charge in [-0.25, -0.2) is 4.98 Å². The van der Waals surface area contributed by atoms with Gasteiger partial charge in [0.05, 0.1) is 17.9 Å². The monoisotopic (exact) mass is 329 g/mol. The summed E-state index contributed by atoms with van der Waals surface area (Å²) >= 11 is 6.25. The number of anilines is 3. The minimum absolute atomic E-state index is 0.496. The Morgan fingerprint density at radius 1 is 1.17 bits per heavy atom. The fourth-order valence-corrected chi connectivity index (χ4v) is 2.76. The van der Waals surface area contributed by atoms with Crippen molar-refractivity contribution in [3.8, 4) is 0 Å². The number of fused-ring (bicyclic) bond motifs is 1. The summed E-state index contributed by atoms with van der Waals surface area (Å²) in [5.41, 5.74) is 1.90. The normalized spacial score (nSPS) is 15.1. The Hall–Kier alpha value is -2.38. The first-order valence-electron chi connectivity index (χ1n) is 7.48. The fraction of sp³-hybridized carbons (Fsp3) is 0.267. The van der Waals surface area contributed by atoms with Crippen LogP contribution in [0.1, 0.15) is 0 Å². The number of nitrogens with zero attached hydrogens (tertiary/aromatic N) is 4. The molecular weight excluding hydrogens is 314 g/mol. The van der Waals surface area contributed by atoms with E-state index in [4.69, 9.17) is 11.6 Å². The zero-order valence-electron chi connectivity index (χ0n) is 12.4. The van der Waals surface area contributed by atoms with Crippen LogP contribution in [0.15, 0.2) is 30.6 Å². The van der Waals surface area contributed by atoms with Gasteiger partial charge in [0.2, 0.25) is 5.95 Å². The molecule has 23 heavy (non-hydrogen) atoms. The predicted molar refractivity (Wildman–Crippen MR) is 91.5 cm³/mol. The summed E-state index contributed by atoms with van der Waals surface area (Å²) in [5, 5.41) is 15.1. The highest BCUT2D eigenvalue weighted by molar-refractivity contribution is 6.32. The molecule has 7 nitrogen and oxygen atoms in total. The number of aromatic nitrogens is 4. The molecule has 1 saturated heterocycles. The number of benzene rings is 1. The SMILES string of the molecule is Clc1cnc(N2CCNCC2)nc1Nc1ccc2[nH]ncc2c1. The van der Waals surface area contributed by atoms with E-state index in [0.717, 1.165) is 42.8 Å². The number of rotatable bonds is 3. The molecule has 0 saturated carbocycles. The maximum absolute atomic E-state index is 6.25. The number of halogens is 1. The second-order valence-electron chi connectivity index (χ2n) is 5.40. The highest BCUT2D eigenvalue weighted by Gasteiger charge is 2.15. The van der Waals surface area contributed by atoms with Gasteiger partial charge in [0, 0.05) is 37.3 Å². The summed E-state index contributed by atoms with van der Waals surface area (Å²) in [6.07, 6.45) is 3.43. The van der Waals surface area contributed by atoms with E-state index < -0.39 is 0 Å². The van der Waals surface area contributed by atoms with E-state index in [0.29, 0.717) is 16.8 Å². The first-order chi connectivity index (χ1) is 11.3. The van der Waals surface area contributed by atoms with E-state index in [-0.39, 0.29) is 0 Å². The van der Waals surface area contributed by atoms with E-state index in [1.54, 1.807) is 12.4 Å². The minimum Gasteiger partial charge on any atom is -0.339 e. The molecule has 0 radical (unpaired) electrons. The molecule has 0 atom stereocenters. The van der Waals surface area contributed by atoms with Crippen LogP contribution in [0, 0.1) is 0 Å². The lowest BCUT2D eigenvalue weighted by Crippen LogP contribution is -2.44. The minimum atomic E-state index is 0.496. The zero-order chi connectivity index (χ0) is 15.6.